The minimum Gasteiger partial charge on any atom is -0.395 e. The highest BCUT2D eigenvalue weighted by atomic mass is 35.5. The Kier molecular flexibility index (Phi) is 5.35. The molecule has 0 aliphatic carbocycles. The molecule has 0 radical (unpaired) electrons. The van der Waals surface area contributed by atoms with E-state index in [1.165, 1.54) is 0 Å². The number of hydrogen-bond acceptors (Lipinski definition) is 2. The predicted molar refractivity (Wildman–Crippen MR) is 94.3 cm³/mol. The Labute approximate surface area is 142 Å². The average molecular weight is 326 g/mol. The zero-order valence-electron chi connectivity index (χ0n) is 13.0. The SMILES string of the molecule is OC[C@@H]1CCCN1[C@H](C#Cc1ccccc1)c1ccc(Cl)cc1. The monoisotopic (exact) mass is 325 g/mol. The van der Waals surface area contributed by atoms with Gasteiger partial charge in [-0.1, -0.05) is 53.8 Å². The molecule has 118 valence electrons. The molecule has 0 saturated carbocycles. The number of hydrogen-bond donors (Lipinski definition) is 1. The highest BCUT2D eigenvalue weighted by molar-refractivity contribution is 6.30. The molecule has 0 amide bonds. The van der Waals surface area contributed by atoms with Gasteiger partial charge in [-0.3, -0.25) is 4.90 Å². The summed E-state index contributed by atoms with van der Waals surface area (Å²) in [5.74, 6) is 6.67. The molecule has 1 aliphatic heterocycles. The second-order valence-electron chi connectivity index (χ2n) is 5.81. The van der Waals surface area contributed by atoms with Crippen LogP contribution in [0.4, 0.5) is 0 Å². The summed E-state index contributed by atoms with van der Waals surface area (Å²) in [5.41, 5.74) is 2.13. The molecule has 23 heavy (non-hydrogen) atoms. The van der Waals surface area contributed by atoms with Crippen LogP contribution in [0.3, 0.4) is 0 Å². The van der Waals surface area contributed by atoms with Crippen molar-refractivity contribution in [2.75, 3.05) is 13.2 Å². The molecule has 1 aliphatic rings. The van der Waals surface area contributed by atoms with Crippen molar-refractivity contribution in [3.8, 4) is 11.8 Å². The fraction of sp³-hybridized carbons (Fsp3) is 0.300. The van der Waals surface area contributed by atoms with Gasteiger partial charge < -0.3 is 5.11 Å². The number of nitrogens with zero attached hydrogens (tertiary/aromatic N) is 1. The van der Waals surface area contributed by atoms with E-state index in [9.17, 15) is 5.11 Å². The van der Waals surface area contributed by atoms with Crippen molar-refractivity contribution < 1.29 is 5.11 Å². The first-order chi connectivity index (χ1) is 11.3. The summed E-state index contributed by atoms with van der Waals surface area (Å²) in [7, 11) is 0. The Morgan fingerprint density at radius 1 is 1.13 bits per heavy atom. The van der Waals surface area contributed by atoms with Gasteiger partial charge in [0.2, 0.25) is 0 Å². The molecule has 0 aromatic heterocycles. The van der Waals surface area contributed by atoms with Crippen LogP contribution in [0, 0.1) is 11.8 Å². The van der Waals surface area contributed by atoms with Crippen LogP contribution < -0.4 is 0 Å². The lowest BCUT2D eigenvalue weighted by Gasteiger charge is -2.29. The van der Waals surface area contributed by atoms with Crippen LogP contribution in [0.15, 0.2) is 54.6 Å². The molecular formula is C20H20ClNO. The Morgan fingerprint density at radius 2 is 1.87 bits per heavy atom. The topological polar surface area (TPSA) is 23.5 Å². The fourth-order valence-corrected chi connectivity index (χ4v) is 3.20. The molecular weight excluding hydrogens is 306 g/mol. The van der Waals surface area contributed by atoms with E-state index in [0.29, 0.717) is 0 Å². The second kappa shape index (κ2) is 7.66. The zero-order valence-corrected chi connectivity index (χ0v) is 13.7. The minimum absolute atomic E-state index is 0.0212. The smallest absolute Gasteiger partial charge is 0.0977 e. The summed E-state index contributed by atoms with van der Waals surface area (Å²) in [5, 5.41) is 10.4. The maximum absolute atomic E-state index is 9.65. The molecule has 2 aromatic rings. The molecule has 0 spiro atoms. The third kappa shape index (κ3) is 3.95. The van der Waals surface area contributed by atoms with Gasteiger partial charge in [0.25, 0.3) is 0 Å². The largest absolute Gasteiger partial charge is 0.395 e. The molecule has 1 heterocycles. The Morgan fingerprint density at radius 3 is 2.57 bits per heavy atom. The summed E-state index contributed by atoms with van der Waals surface area (Å²) in [6, 6.07) is 18.0. The Bertz CT molecular complexity index is 687. The van der Waals surface area contributed by atoms with Gasteiger partial charge in [0.15, 0.2) is 0 Å². The Hall–Kier alpha value is -1.79. The van der Waals surface area contributed by atoms with Gasteiger partial charge in [-0.15, -0.1) is 0 Å². The number of halogens is 1. The quantitative estimate of drug-likeness (QED) is 0.865. The van der Waals surface area contributed by atoms with Crippen LogP contribution in [0.2, 0.25) is 5.02 Å². The molecule has 2 atom stereocenters. The van der Waals surface area contributed by atoms with Crippen molar-refractivity contribution in [2.24, 2.45) is 0 Å². The normalized spacial score (nSPS) is 19.1. The minimum atomic E-state index is -0.0212. The Balaban J connectivity index is 1.93. The summed E-state index contributed by atoms with van der Waals surface area (Å²) < 4.78 is 0. The molecule has 2 aromatic carbocycles. The third-order valence-electron chi connectivity index (χ3n) is 4.28. The van der Waals surface area contributed by atoms with Crippen LogP contribution in [0.5, 0.6) is 0 Å². The van der Waals surface area contributed by atoms with E-state index in [4.69, 9.17) is 11.6 Å². The van der Waals surface area contributed by atoms with Gasteiger partial charge in [-0.2, -0.15) is 0 Å². The molecule has 3 rings (SSSR count). The number of aliphatic hydroxyl groups excluding tert-OH is 1. The maximum Gasteiger partial charge on any atom is 0.0977 e. The van der Waals surface area contributed by atoms with Crippen LogP contribution in [-0.4, -0.2) is 29.2 Å². The van der Waals surface area contributed by atoms with Crippen LogP contribution in [-0.2, 0) is 0 Å². The first-order valence-corrected chi connectivity index (χ1v) is 8.34. The zero-order chi connectivity index (χ0) is 16.1. The highest BCUT2D eigenvalue weighted by Crippen LogP contribution is 2.29. The number of benzene rings is 2. The van der Waals surface area contributed by atoms with Gasteiger partial charge in [0.05, 0.1) is 12.6 Å². The van der Waals surface area contributed by atoms with Gasteiger partial charge in [0, 0.05) is 23.2 Å². The van der Waals surface area contributed by atoms with Crippen LogP contribution in [0.25, 0.3) is 0 Å². The third-order valence-corrected chi connectivity index (χ3v) is 4.53. The fourth-order valence-electron chi connectivity index (χ4n) is 3.07. The maximum atomic E-state index is 9.65. The molecule has 3 heteroatoms. The first kappa shape index (κ1) is 16.1. The van der Waals surface area contributed by atoms with E-state index in [1.807, 2.05) is 54.6 Å². The highest BCUT2D eigenvalue weighted by Gasteiger charge is 2.30. The molecule has 1 fully saturated rings. The van der Waals surface area contributed by atoms with Crippen molar-refractivity contribution in [3.05, 3.63) is 70.7 Å². The average Bonchev–Trinajstić information content (AvgIpc) is 3.06. The molecule has 0 bridgehead atoms. The molecule has 0 unspecified atom stereocenters. The van der Waals surface area contributed by atoms with Gasteiger partial charge in [-0.25, -0.2) is 0 Å². The lowest BCUT2D eigenvalue weighted by Crippen LogP contribution is -2.35. The molecule has 1 N–H and O–H groups in total. The lowest BCUT2D eigenvalue weighted by atomic mass is 10.0. The second-order valence-corrected chi connectivity index (χ2v) is 6.24. The lowest BCUT2D eigenvalue weighted by molar-refractivity contribution is 0.140. The number of aliphatic hydroxyl groups is 1. The first-order valence-electron chi connectivity index (χ1n) is 7.96. The predicted octanol–water partition coefficient (Wildman–Crippen LogP) is 3.89. The van der Waals surface area contributed by atoms with Crippen molar-refractivity contribution >= 4 is 11.6 Å². The van der Waals surface area contributed by atoms with Crippen molar-refractivity contribution in [1.29, 1.82) is 0 Å². The van der Waals surface area contributed by atoms with Crippen molar-refractivity contribution in [1.82, 2.24) is 4.90 Å². The van der Waals surface area contributed by atoms with E-state index in [0.717, 1.165) is 35.5 Å². The van der Waals surface area contributed by atoms with E-state index >= 15 is 0 Å². The van der Waals surface area contributed by atoms with E-state index in [2.05, 4.69) is 16.7 Å². The molecule has 2 nitrogen and oxygen atoms in total. The number of rotatable bonds is 3. The van der Waals surface area contributed by atoms with Crippen molar-refractivity contribution in [2.45, 2.75) is 24.9 Å². The van der Waals surface area contributed by atoms with E-state index in [-0.39, 0.29) is 18.7 Å². The van der Waals surface area contributed by atoms with Gasteiger partial charge >= 0.3 is 0 Å². The number of likely N-dealkylation sites (tertiary alicyclic amines) is 1. The van der Waals surface area contributed by atoms with Crippen LogP contribution >= 0.6 is 11.6 Å². The molecule has 1 saturated heterocycles. The summed E-state index contributed by atoms with van der Waals surface area (Å²) in [4.78, 5) is 2.30. The van der Waals surface area contributed by atoms with E-state index in [1.54, 1.807) is 0 Å². The van der Waals surface area contributed by atoms with Gasteiger partial charge in [-0.05, 0) is 42.7 Å². The summed E-state index contributed by atoms with van der Waals surface area (Å²) in [6.45, 7) is 1.14. The van der Waals surface area contributed by atoms with Crippen molar-refractivity contribution in [3.63, 3.8) is 0 Å². The van der Waals surface area contributed by atoms with E-state index < -0.39 is 0 Å². The standard InChI is InChI=1S/C20H20ClNO/c21-18-11-9-17(10-12-18)20(22-14-4-7-19(22)15-23)13-8-16-5-2-1-3-6-16/h1-3,5-6,9-12,19-20,23H,4,7,14-15H2/t19-,20+/m0/s1. The van der Waals surface area contributed by atoms with Gasteiger partial charge in [0.1, 0.15) is 0 Å². The van der Waals surface area contributed by atoms with Crippen LogP contribution in [0.1, 0.15) is 30.0 Å². The summed E-state index contributed by atoms with van der Waals surface area (Å²) in [6.07, 6.45) is 2.12. The summed E-state index contributed by atoms with van der Waals surface area (Å²) >= 11 is 6.02.